The van der Waals surface area contributed by atoms with E-state index < -0.39 is 0 Å². The maximum atomic E-state index is 13.4. The molecule has 0 aliphatic rings. The van der Waals surface area contributed by atoms with E-state index in [2.05, 4.69) is 15.6 Å². The summed E-state index contributed by atoms with van der Waals surface area (Å²) in [6.45, 7) is 3.51. The van der Waals surface area contributed by atoms with E-state index in [1.54, 1.807) is 13.1 Å². The molecule has 2 aromatic rings. The normalized spacial score (nSPS) is 10.7. The third-order valence-electron chi connectivity index (χ3n) is 3.98. The molecule has 0 aliphatic carbocycles. The highest BCUT2D eigenvalue weighted by Gasteiger charge is 2.08. The van der Waals surface area contributed by atoms with Crippen molar-refractivity contribution >= 4 is 35.8 Å². The van der Waals surface area contributed by atoms with Crippen LogP contribution in [0.3, 0.4) is 0 Å². The van der Waals surface area contributed by atoms with Crippen LogP contribution in [0.25, 0.3) is 0 Å². The highest BCUT2D eigenvalue weighted by Crippen LogP contribution is 2.13. The van der Waals surface area contributed by atoms with Crippen LogP contribution >= 0.6 is 24.0 Å². The first-order valence-electron chi connectivity index (χ1n) is 9.16. The fraction of sp³-hybridized carbons (Fsp3) is 0.333. The summed E-state index contributed by atoms with van der Waals surface area (Å²) in [5.74, 6) is 0.926. The summed E-state index contributed by atoms with van der Waals surface area (Å²) >= 11 is 0. The van der Waals surface area contributed by atoms with Crippen molar-refractivity contribution in [3.8, 4) is 5.75 Å². The quantitative estimate of drug-likeness (QED) is 0.323. The number of nitrogens with one attached hydrogen (secondary N) is 2. The van der Waals surface area contributed by atoms with Crippen molar-refractivity contribution in [1.29, 1.82) is 0 Å². The summed E-state index contributed by atoms with van der Waals surface area (Å²) in [4.78, 5) is 17.7. The Bertz CT molecular complexity index is 817. The lowest BCUT2D eigenvalue weighted by molar-refractivity contribution is -0.122. The summed E-state index contributed by atoms with van der Waals surface area (Å²) in [5, 5.41) is 5.97. The number of aliphatic imine (C=N–C) groups is 1. The summed E-state index contributed by atoms with van der Waals surface area (Å²) in [6, 6.07) is 14.1. The van der Waals surface area contributed by atoms with Crippen LogP contribution in [0.5, 0.6) is 5.75 Å². The summed E-state index contributed by atoms with van der Waals surface area (Å²) in [5.41, 5.74) is 1.86. The fourth-order valence-electron chi connectivity index (χ4n) is 2.69. The second-order valence-corrected chi connectivity index (χ2v) is 6.28. The Morgan fingerprint density at radius 2 is 1.86 bits per heavy atom. The molecule has 0 atom stereocenters. The number of amides is 1. The Labute approximate surface area is 188 Å². The van der Waals surface area contributed by atoms with Crippen LogP contribution in [-0.2, 0) is 17.9 Å². The molecule has 0 saturated carbocycles. The van der Waals surface area contributed by atoms with Crippen LogP contribution < -0.4 is 15.4 Å². The van der Waals surface area contributed by atoms with Gasteiger partial charge in [-0.25, -0.2) is 4.39 Å². The van der Waals surface area contributed by atoms with E-state index in [-0.39, 0.29) is 42.3 Å². The number of likely N-dealkylation sites (N-methyl/N-ethyl adjacent to an activating group) is 1. The summed E-state index contributed by atoms with van der Waals surface area (Å²) < 4.78 is 18.9. The Morgan fingerprint density at radius 3 is 2.55 bits per heavy atom. The predicted octanol–water partition coefficient (Wildman–Crippen LogP) is 3.17. The van der Waals surface area contributed by atoms with Crippen LogP contribution in [0.4, 0.5) is 4.39 Å². The molecule has 0 saturated heterocycles. The molecule has 0 aliphatic heterocycles. The van der Waals surface area contributed by atoms with Gasteiger partial charge in [0.15, 0.2) is 12.6 Å². The second-order valence-electron chi connectivity index (χ2n) is 6.28. The van der Waals surface area contributed by atoms with Crippen LogP contribution in [0.15, 0.2) is 53.5 Å². The molecule has 1 amide bonds. The highest BCUT2D eigenvalue weighted by molar-refractivity contribution is 14.0. The molecule has 2 N–H and O–H groups in total. The van der Waals surface area contributed by atoms with Crippen molar-refractivity contribution in [3.63, 3.8) is 0 Å². The molecule has 0 radical (unpaired) electrons. The first-order valence-corrected chi connectivity index (χ1v) is 9.16. The van der Waals surface area contributed by atoms with E-state index in [0.29, 0.717) is 31.3 Å². The van der Waals surface area contributed by atoms with E-state index in [9.17, 15) is 9.18 Å². The minimum Gasteiger partial charge on any atom is -0.484 e. The molecule has 0 spiro atoms. The largest absolute Gasteiger partial charge is 0.484 e. The summed E-state index contributed by atoms with van der Waals surface area (Å²) in [6.07, 6.45) is 0. The average Bonchev–Trinajstić information content (AvgIpc) is 2.67. The van der Waals surface area contributed by atoms with Crippen molar-refractivity contribution in [2.24, 2.45) is 4.99 Å². The molecule has 0 unspecified atom stereocenters. The number of hydrogen-bond acceptors (Lipinski definition) is 3. The standard InChI is InChI=1S/C21H27FN4O2.HI/c1-4-24-20(27)15-28-19-10-6-7-16(12-19)13-25-21(23-2)26(3)14-17-8-5-9-18(22)11-17;/h5-12H,4,13-15H2,1-3H3,(H,23,25)(H,24,27);1H. The molecule has 158 valence electrons. The van der Waals surface area contributed by atoms with Crippen LogP contribution in [0.1, 0.15) is 18.1 Å². The van der Waals surface area contributed by atoms with Crippen LogP contribution in [0, 0.1) is 5.82 Å². The molecular formula is C21H28FIN4O2. The Kier molecular flexibility index (Phi) is 11.0. The number of rotatable bonds is 8. The SMILES string of the molecule is CCNC(=O)COc1cccc(CNC(=NC)N(C)Cc2cccc(F)c2)c1.I. The van der Waals surface area contributed by atoms with Gasteiger partial charge >= 0.3 is 0 Å². The molecule has 8 heteroatoms. The zero-order chi connectivity index (χ0) is 20.4. The van der Waals surface area contributed by atoms with E-state index in [1.807, 2.05) is 49.2 Å². The van der Waals surface area contributed by atoms with Crippen molar-refractivity contribution in [2.75, 3.05) is 27.2 Å². The molecule has 2 aromatic carbocycles. The van der Waals surface area contributed by atoms with Gasteiger partial charge in [0, 0.05) is 33.7 Å². The lowest BCUT2D eigenvalue weighted by Crippen LogP contribution is -2.38. The van der Waals surface area contributed by atoms with Gasteiger partial charge in [-0.15, -0.1) is 24.0 Å². The van der Waals surface area contributed by atoms with Gasteiger partial charge in [-0.1, -0.05) is 24.3 Å². The van der Waals surface area contributed by atoms with Crippen LogP contribution in [-0.4, -0.2) is 44.0 Å². The molecular weight excluding hydrogens is 486 g/mol. The van der Waals surface area contributed by atoms with E-state index in [1.165, 1.54) is 12.1 Å². The number of carbonyl (C=O) groups excluding carboxylic acids is 1. The first kappa shape index (κ1) is 24.7. The smallest absolute Gasteiger partial charge is 0.257 e. The van der Waals surface area contributed by atoms with Gasteiger partial charge in [-0.3, -0.25) is 9.79 Å². The molecule has 0 bridgehead atoms. The Morgan fingerprint density at radius 1 is 1.14 bits per heavy atom. The highest BCUT2D eigenvalue weighted by atomic mass is 127. The minimum atomic E-state index is -0.252. The Balaban J connectivity index is 0.00000420. The fourth-order valence-corrected chi connectivity index (χ4v) is 2.69. The molecule has 0 fully saturated rings. The van der Waals surface area contributed by atoms with Gasteiger partial charge in [0.1, 0.15) is 11.6 Å². The topological polar surface area (TPSA) is 66.0 Å². The van der Waals surface area contributed by atoms with Gasteiger partial charge in [0.2, 0.25) is 0 Å². The minimum absolute atomic E-state index is 0. The zero-order valence-corrected chi connectivity index (χ0v) is 19.3. The van der Waals surface area contributed by atoms with Crippen molar-refractivity contribution in [1.82, 2.24) is 15.5 Å². The first-order chi connectivity index (χ1) is 13.5. The van der Waals surface area contributed by atoms with E-state index in [0.717, 1.165) is 11.1 Å². The van der Waals surface area contributed by atoms with Gasteiger partial charge in [0.05, 0.1) is 0 Å². The molecule has 0 heterocycles. The number of hydrogen-bond donors (Lipinski definition) is 2. The van der Waals surface area contributed by atoms with Gasteiger partial charge in [-0.2, -0.15) is 0 Å². The molecule has 2 rings (SSSR count). The number of nitrogens with zero attached hydrogens (tertiary/aromatic N) is 2. The van der Waals surface area contributed by atoms with E-state index in [4.69, 9.17) is 4.74 Å². The lowest BCUT2D eigenvalue weighted by Gasteiger charge is -2.22. The maximum Gasteiger partial charge on any atom is 0.257 e. The third kappa shape index (κ3) is 8.68. The van der Waals surface area contributed by atoms with Gasteiger partial charge < -0.3 is 20.3 Å². The zero-order valence-electron chi connectivity index (χ0n) is 16.9. The molecule has 6 nitrogen and oxygen atoms in total. The number of guanidine groups is 1. The van der Waals surface area contributed by atoms with E-state index >= 15 is 0 Å². The van der Waals surface area contributed by atoms with Crippen molar-refractivity contribution in [3.05, 3.63) is 65.5 Å². The van der Waals surface area contributed by atoms with Crippen LogP contribution in [0.2, 0.25) is 0 Å². The average molecular weight is 514 g/mol. The maximum absolute atomic E-state index is 13.4. The number of ether oxygens (including phenoxy) is 1. The molecule has 29 heavy (non-hydrogen) atoms. The molecule has 0 aromatic heterocycles. The number of halogens is 2. The van der Waals surface area contributed by atoms with Gasteiger partial charge in [0.25, 0.3) is 5.91 Å². The number of benzene rings is 2. The van der Waals surface area contributed by atoms with Crippen molar-refractivity contribution < 1.29 is 13.9 Å². The lowest BCUT2D eigenvalue weighted by atomic mass is 10.2. The van der Waals surface area contributed by atoms with Crippen molar-refractivity contribution in [2.45, 2.75) is 20.0 Å². The monoisotopic (exact) mass is 514 g/mol. The second kappa shape index (κ2) is 13.0. The number of carbonyl (C=O) groups is 1. The van der Waals surface area contributed by atoms with Gasteiger partial charge in [-0.05, 0) is 42.3 Å². The Hall–Kier alpha value is -2.36. The summed E-state index contributed by atoms with van der Waals surface area (Å²) in [7, 11) is 3.60. The third-order valence-corrected chi connectivity index (χ3v) is 3.98. The predicted molar refractivity (Wildman–Crippen MR) is 124 cm³/mol.